The lowest BCUT2D eigenvalue weighted by atomic mass is 10.1. The van der Waals surface area contributed by atoms with Gasteiger partial charge in [0.25, 0.3) is 0 Å². The highest BCUT2D eigenvalue weighted by Crippen LogP contribution is 2.27. The number of anilines is 2. The number of carbonyl (C=O) groups excluding carboxylic acids is 1. The summed E-state index contributed by atoms with van der Waals surface area (Å²) in [6.45, 7) is 5.12. The fraction of sp³-hybridized carbons (Fsp3) is 0.316. The van der Waals surface area contributed by atoms with Crippen LogP contribution in [0.3, 0.4) is 0 Å². The van der Waals surface area contributed by atoms with Crippen molar-refractivity contribution in [2.45, 2.75) is 6.92 Å². The minimum Gasteiger partial charge on any atom is -0.495 e. The summed E-state index contributed by atoms with van der Waals surface area (Å²) in [5.74, 6) is 0.589. The number of nitrogens with one attached hydrogen (secondary N) is 1. The Hall–Kier alpha value is -2.40. The van der Waals surface area contributed by atoms with E-state index in [-0.39, 0.29) is 6.03 Å². The molecule has 1 aliphatic heterocycles. The predicted molar refractivity (Wildman–Crippen MR) is 102 cm³/mol. The zero-order valence-electron chi connectivity index (χ0n) is 14.5. The summed E-state index contributed by atoms with van der Waals surface area (Å²) >= 11 is 6.10. The van der Waals surface area contributed by atoms with E-state index in [1.165, 1.54) is 11.3 Å². The molecule has 132 valence electrons. The zero-order valence-corrected chi connectivity index (χ0v) is 15.2. The van der Waals surface area contributed by atoms with Gasteiger partial charge in [-0.25, -0.2) is 4.79 Å². The molecule has 0 unspecified atom stereocenters. The van der Waals surface area contributed by atoms with Crippen LogP contribution in [-0.2, 0) is 0 Å². The molecule has 0 radical (unpaired) electrons. The molecule has 3 rings (SSSR count). The second-order valence-corrected chi connectivity index (χ2v) is 6.45. The molecule has 1 fully saturated rings. The first-order valence-corrected chi connectivity index (χ1v) is 8.66. The highest BCUT2D eigenvalue weighted by atomic mass is 35.5. The third-order valence-corrected chi connectivity index (χ3v) is 4.72. The Bertz CT molecular complexity index is 758. The summed E-state index contributed by atoms with van der Waals surface area (Å²) in [7, 11) is 1.56. The summed E-state index contributed by atoms with van der Waals surface area (Å²) in [6, 6.07) is 13.5. The average Bonchev–Trinajstić information content (AvgIpc) is 2.62. The highest BCUT2D eigenvalue weighted by Gasteiger charge is 2.22. The van der Waals surface area contributed by atoms with Crippen LogP contribution in [0.15, 0.2) is 42.5 Å². The summed E-state index contributed by atoms with van der Waals surface area (Å²) in [5, 5.41) is 3.37. The van der Waals surface area contributed by atoms with E-state index >= 15 is 0 Å². The number of methoxy groups -OCH3 is 1. The van der Waals surface area contributed by atoms with Crippen molar-refractivity contribution in [2.24, 2.45) is 0 Å². The molecule has 0 atom stereocenters. The number of urea groups is 1. The van der Waals surface area contributed by atoms with E-state index in [4.69, 9.17) is 16.3 Å². The monoisotopic (exact) mass is 359 g/mol. The highest BCUT2D eigenvalue weighted by molar-refractivity contribution is 6.32. The van der Waals surface area contributed by atoms with Gasteiger partial charge in [-0.2, -0.15) is 0 Å². The molecule has 0 spiro atoms. The maximum Gasteiger partial charge on any atom is 0.321 e. The van der Waals surface area contributed by atoms with Gasteiger partial charge in [-0.15, -0.1) is 0 Å². The standard InChI is InChI=1S/C19H22ClN3O2/c1-14-5-3-4-6-17(14)22-9-11-23(12-10-22)19(24)21-15-7-8-18(25-2)16(20)13-15/h3-8,13H,9-12H2,1-2H3,(H,21,24). The van der Waals surface area contributed by atoms with Crippen LogP contribution >= 0.6 is 11.6 Å². The van der Waals surface area contributed by atoms with Gasteiger partial charge in [0.05, 0.1) is 12.1 Å². The number of para-hydroxylation sites is 1. The molecule has 1 heterocycles. The number of nitrogens with zero attached hydrogens (tertiary/aromatic N) is 2. The van der Waals surface area contributed by atoms with E-state index in [2.05, 4.69) is 35.3 Å². The maximum absolute atomic E-state index is 12.5. The molecule has 25 heavy (non-hydrogen) atoms. The first kappa shape index (κ1) is 17.4. The van der Waals surface area contributed by atoms with Gasteiger partial charge < -0.3 is 19.9 Å². The Morgan fingerprint density at radius 1 is 1.12 bits per heavy atom. The quantitative estimate of drug-likeness (QED) is 0.900. The van der Waals surface area contributed by atoms with Gasteiger partial charge in [-0.3, -0.25) is 0 Å². The fourth-order valence-corrected chi connectivity index (χ4v) is 3.27. The van der Waals surface area contributed by atoms with Gasteiger partial charge in [0, 0.05) is 37.6 Å². The van der Waals surface area contributed by atoms with Crippen molar-refractivity contribution in [1.82, 2.24) is 4.90 Å². The van der Waals surface area contributed by atoms with Crippen LogP contribution in [0.4, 0.5) is 16.2 Å². The van der Waals surface area contributed by atoms with Gasteiger partial charge in [-0.05, 0) is 36.8 Å². The van der Waals surface area contributed by atoms with E-state index < -0.39 is 0 Å². The van der Waals surface area contributed by atoms with Crippen LogP contribution in [0.2, 0.25) is 5.02 Å². The molecule has 6 heteroatoms. The largest absolute Gasteiger partial charge is 0.495 e. The molecule has 5 nitrogen and oxygen atoms in total. The SMILES string of the molecule is COc1ccc(NC(=O)N2CCN(c3ccccc3C)CC2)cc1Cl. The second kappa shape index (κ2) is 7.66. The van der Waals surface area contributed by atoms with Crippen LogP contribution in [-0.4, -0.2) is 44.2 Å². The Morgan fingerprint density at radius 2 is 1.84 bits per heavy atom. The van der Waals surface area contributed by atoms with Crippen molar-refractivity contribution in [2.75, 3.05) is 43.5 Å². The first-order chi connectivity index (χ1) is 12.1. The van der Waals surface area contributed by atoms with Crippen LogP contribution in [0.25, 0.3) is 0 Å². The van der Waals surface area contributed by atoms with Crippen LogP contribution in [0.1, 0.15) is 5.56 Å². The van der Waals surface area contributed by atoms with Crippen molar-refractivity contribution >= 4 is 29.0 Å². The molecule has 0 aliphatic carbocycles. The number of halogens is 1. The number of ether oxygens (including phenoxy) is 1. The normalized spacial score (nSPS) is 14.4. The Morgan fingerprint density at radius 3 is 2.48 bits per heavy atom. The lowest BCUT2D eigenvalue weighted by molar-refractivity contribution is 0.208. The van der Waals surface area contributed by atoms with Crippen molar-refractivity contribution in [3.8, 4) is 5.75 Å². The molecule has 0 saturated carbocycles. The maximum atomic E-state index is 12.5. The molecule has 1 N–H and O–H groups in total. The number of carbonyl (C=O) groups is 1. The number of hydrogen-bond donors (Lipinski definition) is 1. The molecule has 1 saturated heterocycles. The summed E-state index contributed by atoms with van der Waals surface area (Å²) in [5.41, 5.74) is 3.16. The predicted octanol–water partition coefficient (Wildman–Crippen LogP) is 4.01. The number of benzene rings is 2. The lowest BCUT2D eigenvalue weighted by Crippen LogP contribution is -2.50. The summed E-state index contributed by atoms with van der Waals surface area (Å²) in [4.78, 5) is 16.6. The lowest BCUT2D eigenvalue weighted by Gasteiger charge is -2.36. The van der Waals surface area contributed by atoms with E-state index in [0.29, 0.717) is 29.5 Å². The van der Waals surface area contributed by atoms with Gasteiger partial charge in [0.1, 0.15) is 5.75 Å². The average molecular weight is 360 g/mol. The summed E-state index contributed by atoms with van der Waals surface area (Å²) < 4.78 is 5.12. The molecule has 1 aliphatic rings. The van der Waals surface area contributed by atoms with Crippen molar-refractivity contribution in [1.29, 1.82) is 0 Å². The van der Waals surface area contributed by atoms with E-state index in [0.717, 1.165) is 13.1 Å². The number of amides is 2. The van der Waals surface area contributed by atoms with Crippen molar-refractivity contribution in [3.63, 3.8) is 0 Å². The summed E-state index contributed by atoms with van der Waals surface area (Å²) in [6.07, 6.45) is 0. The zero-order chi connectivity index (χ0) is 17.8. The third kappa shape index (κ3) is 3.99. The number of piperazine rings is 1. The van der Waals surface area contributed by atoms with E-state index in [9.17, 15) is 4.79 Å². The van der Waals surface area contributed by atoms with E-state index in [1.54, 1.807) is 25.3 Å². The fourth-order valence-electron chi connectivity index (χ4n) is 3.02. The Balaban J connectivity index is 1.58. The smallest absolute Gasteiger partial charge is 0.321 e. The van der Waals surface area contributed by atoms with Gasteiger partial charge in [0.2, 0.25) is 0 Å². The number of aryl methyl sites for hydroxylation is 1. The van der Waals surface area contributed by atoms with Gasteiger partial charge in [-0.1, -0.05) is 29.8 Å². The molecule has 0 bridgehead atoms. The molecular weight excluding hydrogens is 338 g/mol. The van der Waals surface area contributed by atoms with Gasteiger partial charge in [0.15, 0.2) is 0 Å². The number of hydrogen-bond acceptors (Lipinski definition) is 3. The molecule has 2 aromatic carbocycles. The molecule has 2 amide bonds. The second-order valence-electron chi connectivity index (χ2n) is 6.04. The minimum absolute atomic E-state index is 0.106. The van der Waals surface area contributed by atoms with Crippen molar-refractivity contribution in [3.05, 3.63) is 53.1 Å². The van der Waals surface area contributed by atoms with Crippen molar-refractivity contribution < 1.29 is 9.53 Å². The van der Waals surface area contributed by atoms with Crippen LogP contribution < -0.4 is 15.0 Å². The molecular formula is C19H22ClN3O2. The minimum atomic E-state index is -0.106. The van der Waals surface area contributed by atoms with Crippen LogP contribution in [0, 0.1) is 6.92 Å². The molecule has 2 aromatic rings. The van der Waals surface area contributed by atoms with Gasteiger partial charge >= 0.3 is 6.03 Å². The Labute approximate surface area is 153 Å². The molecule has 0 aromatic heterocycles. The topological polar surface area (TPSA) is 44.8 Å². The number of rotatable bonds is 3. The first-order valence-electron chi connectivity index (χ1n) is 8.28. The van der Waals surface area contributed by atoms with Crippen LogP contribution in [0.5, 0.6) is 5.75 Å². The third-order valence-electron chi connectivity index (χ3n) is 4.43. The van der Waals surface area contributed by atoms with E-state index in [1.807, 2.05) is 11.0 Å². The Kier molecular flexibility index (Phi) is 5.34.